The molecule has 4 fully saturated rings. The van der Waals surface area contributed by atoms with Gasteiger partial charge in [0.1, 0.15) is 6.04 Å². The van der Waals surface area contributed by atoms with E-state index in [0.717, 1.165) is 18.2 Å². The van der Waals surface area contributed by atoms with Crippen LogP contribution in [0.1, 0.15) is 39.0 Å². The summed E-state index contributed by atoms with van der Waals surface area (Å²) in [6, 6.07) is 2.31. The molecule has 0 radical (unpaired) electrons. The molecule has 0 aromatic carbocycles. The summed E-state index contributed by atoms with van der Waals surface area (Å²) < 4.78 is 0. The minimum atomic E-state index is -0.268. The number of carbonyl (C=O) groups is 1. The summed E-state index contributed by atoms with van der Waals surface area (Å²) >= 11 is 0. The molecular formula is C14H20N2O. The highest BCUT2D eigenvalue weighted by atomic mass is 16.1. The third kappa shape index (κ3) is 1.66. The highest BCUT2D eigenvalue weighted by Crippen LogP contribution is 2.55. The van der Waals surface area contributed by atoms with E-state index in [1.54, 1.807) is 0 Å². The Balaban J connectivity index is 1.83. The van der Waals surface area contributed by atoms with E-state index in [0.29, 0.717) is 17.9 Å². The van der Waals surface area contributed by atoms with Crippen LogP contribution >= 0.6 is 0 Å². The Morgan fingerprint density at radius 3 is 2.12 bits per heavy atom. The van der Waals surface area contributed by atoms with Crippen molar-refractivity contribution in [3.05, 3.63) is 0 Å². The fraction of sp³-hybridized carbons (Fsp3) is 0.857. The van der Waals surface area contributed by atoms with Gasteiger partial charge in [-0.3, -0.25) is 4.79 Å². The van der Waals surface area contributed by atoms with Crippen LogP contribution in [0.5, 0.6) is 0 Å². The quantitative estimate of drug-likeness (QED) is 0.700. The summed E-state index contributed by atoms with van der Waals surface area (Å²) in [5, 5.41) is 9.04. The van der Waals surface area contributed by atoms with Crippen molar-refractivity contribution < 1.29 is 4.79 Å². The van der Waals surface area contributed by atoms with E-state index >= 15 is 0 Å². The molecule has 0 spiro atoms. The fourth-order valence-electron chi connectivity index (χ4n) is 4.87. The average molecular weight is 232 g/mol. The van der Waals surface area contributed by atoms with Gasteiger partial charge >= 0.3 is 0 Å². The second-order valence-corrected chi connectivity index (χ2v) is 6.28. The van der Waals surface area contributed by atoms with Gasteiger partial charge in [-0.1, -0.05) is 0 Å². The molecule has 1 unspecified atom stereocenters. The second-order valence-electron chi connectivity index (χ2n) is 6.28. The number of rotatable bonds is 3. The zero-order valence-corrected chi connectivity index (χ0v) is 10.4. The minimum absolute atomic E-state index is 0.268. The Bertz CT molecular complexity index is 332. The van der Waals surface area contributed by atoms with E-state index in [4.69, 9.17) is 5.26 Å². The average Bonchev–Trinajstić information content (AvgIpc) is 2.32. The van der Waals surface area contributed by atoms with Crippen LogP contribution in [0.15, 0.2) is 0 Å². The molecule has 92 valence electrons. The molecule has 0 aromatic heterocycles. The number of nitriles is 1. The Labute approximate surface area is 103 Å². The van der Waals surface area contributed by atoms with Crippen molar-refractivity contribution in [2.45, 2.75) is 51.1 Å². The van der Waals surface area contributed by atoms with Crippen molar-refractivity contribution in [3.63, 3.8) is 0 Å². The summed E-state index contributed by atoms with van der Waals surface area (Å²) in [4.78, 5) is 13.1. The third-order valence-corrected chi connectivity index (χ3v) is 5.28. The number of nitrogens with zero attached hydrogens (tertiary/aromatic N) is 2. The zero-order valence-electron chi connectivity index (χ0n) is 10.4. The van der Waals surface area contributed by atoms with E-state index in [1.807, 2.05) is 11.8 Å². The summed E-state index contributed by atoms with van der Waals surface area (Å²) in [7, 11) is 0. The standard InChI is InChI=1S/C14H20N2O/c1-9(7-15)16(8-17)14-12-3-10-2-11(5-12)6-13(14)4-10/h8-14H,2-6H2,1H3. The lowest BCUT2D eigenvalue weighted by Crippen LogP contribution is -2.57. The number of carbonyl (C=O) groups excluding carboxylic acids is 1. The van der Waals surface area contributed by atoms with Gasteiger partial charge in [-0.15, -0.1) is 0 Å². The van der Waals surface area contributed by atoms with E-state index in [1.165, 1.54) is 32.1 Å². The Hall–Kier alpha value is -1.04. The fourth-order valence-corrected chi connectivity index (χ4v) is 4.87. The van der Waals surface area contributed by atoms with Crippen LogP contribution in [-0.2, 0) is 4.79 Å². The predicted molar refractivity (Wildman–Crippen MR) is 63.8 cm³/mol. The number of amides is 1. The van der Waals surface area contributed by atoms with Crippen LogP contribution in [0.2, 0.25) is 0 Å². The van der Waals surface area contributed by atoms with Gasteiger partial charge < -0.3 is 4.90 Å². The van der Waals surface area contributed by atoms with E-state index in [9.17, 15) is 4.79 Å². The molecule has 0 heterocycles. The molecule has 17 heavy (non-hydrogen) atoms. The SMILES string of the molecule is CC(C#N)N(C=O)C1C2CC3CC(C2)CC1C3. The normalized spacial score (nSPS) is 44.1. The summed E-state index contributed by atoms with van der Waals surface area (Å²) in [6.07, 6.45) is 7.51. The van der Waals surface area contributed by atoms with Crippen LogP contribution in [0.4, 0.5) is 0 Å². The van der Waals surface area contributed by atoms with Crippen molar-refractivity contribution in [2.24, 2.45) is 23.7 Å². The molecule has 3 heteroatoms. The first-order chi connectivity index (χ1) is 8.22. The van der Waals surface area contributed by atoms with Crippen molar-refractivity contribution in [2.75, 3.05) is 0 Å². The Kier molecular flexibility index (Phi) is 2.61. The van der Waals surface area contributed by atoms with Crippen molar-refractivity contribution in [1.82, 2.24) is 4.90 Å². The smallest absolute Gasteiger partial charge is 0.211 e. The first kappa shape index (κ1) is 11.1. The molecule has 0 aliphatic heterocycles. The predicted octanol–water partition coefficient (Wildman–Crippen LogP) is 2.18. The minimum Gasteiger partial charge on any atom is -0.326 e. The number of hydrogen-bond donors (Lipinski definition) is 0. The first-order valence-electron chi connectivity index (χ1n) is 6.85. The lowest BCUT2D eigenvalue weighted by atomic mass is 9.54. The van der Waals surface area contributed by atoms with Crippen molar-refractivity contribution in [1.29, 1.82) is 5.26 Å². The van der Waals surface area contributed by atoms with Crippen LogP contribution in [0.25, 0.3) is 0 Å². The molecule has 4 aliphatic carbocycles. The second kappa shape index (κ2) is 4.01. The monoisotopic (exact) mass is 232 g/mol. The summed E-state index contributed by atoms with van der Waals surface area (Å²) in [5.41, 5.74) is 0. The maximum Gasteiger partial charge on any atom is 0.211 e. The van der Waals surface area contributed by atoms with Crippen LogP contribution in [-0.4, -0.2) is 23.4 Å². The van der Waals surface area contributed by atoms with Gasteiger partial charge in [-0.25, -0.2) is 0 Å². The number of hydrogen-bond acceptors (Lipinski definition) is 2. The van der Waals surface area contributed by atoms with Gasteiger partial charge in [0.15, 0.2) is 0 Å². The lowest BCUT2D eigenvalue weighted by molar-refractivity contribution is -0.132. The molecule has 0 N–H and O–H groups in total. The molecule has 4 rings (SSSR count). The van der Waals surface area contributed by atoms with Gasteiger partial charge in [-0.05, 0) is 62.7 Å². The van der Waals surface area contributed by atoms with Gasteiger partial charge in [0.2, 0.25) is 6.41 Å². The van der Waals surface area contributed by atoms with Gasteiger partial charge in [0, 0.05) is 6.04 Å². The molecule has 0 aromatic rings. The van der Waals surface area contributed by atoms with Gasteiger partial charge in [0.05, 0.1) is 6.07 Å². The van der Waals surface area contributed by atoms with Crippen LogP contribution in [0.3, 0.4) is 0 Å². The summed E-state index contributed by atoms with van der Waals surface area (Å²) in [5.74, 6) is 3.18. The Morgan fingerprint density at radius 2 is 1.71 bits per heavy atom. The van der Waals surface area contributed by atoms with Gasteiger partial charge in [0.25, 0.3) is 0 Å². The molecule has 1 amide bonds. The van der Waals surface area contributed by atoms with Crippen LogP contribution < -0.4 is 0 Å². The summed E-state index contributed by atoms with van der Waals surface area (Å²) in [6.45, 7) is 1.85. The van der Waals surface area contributed by atoms with E-state index in [-0.39, 0.29) is 6.04 Å². The zero-order chi connectivity index (χ0) is 12.0. The lowest BCUT2D eigenvalue weighted by Gasteiger charge is -2.56. The maximum atomic E-state index is 11.3. The first-order valence-corrected chi connectivity index (χ1v) is 6.85. The molecule has 1 atom stereocenters. The molecule has 0 saturated heterocycles. The van der Waals surface area contributed by atoms with E-state index in [2.05, 4.69) is 6.07 Å². The molecule has 4 saturated carbocycles. The largest absolute Gasteiger partial charge is 0.326 e. The molecule has 3 nitrogen and oxygen atoms in total. The highest BCUT2D eigenvalue weighted by Gasteiger charge is 2.50. The van der Waals surface area contributed by atoms with E-state index < -0.39 is 0 Å². The molecular weight excluding hydrogens is 212 g/mol. The van der Waals surface area contributed by atoms with Gasteiger partial charge in [-0.2, -0.15) is 5.26 Å². The Morgan fingerprint density at radius 1 is 1.18 bits per heavy atom. The molecule has 4 aliphatic rings. The molecule has 4 bridgehead atoms. The third-order valence-electron chi connectivity index (χ3n) is 5.28. The van der Waals surface area contributed by atoms with Crippen LogP contribution in [0, 0.1) is 35.0 Å². The topological polar surface area (TPSA) is 44.1 Å². The van der Waals surface area contributed by atoms with Crippen molar-refractivity contribution in [3.8, 4) is 6.07 Å². The van der Waals surface area contributed by atoms with Crippen molar-refractivity contribution >= 4 is 6.41 Å². The maximum absolute atomic E-state index is 11.3. The highest BCUT2D eigenvalue weighted by molar-refractivity contribution is 5.50.